The first-order valence-corrected chi connectivity index (χ1v) is 5.54. The largest absolute Gasteiger partial charge is 0.346 e. The molecule has 7 heteroatoms. The number of nitrogens with zero attached hydrogens (tertiary/aromatic N) is 4. The molecule has 5 nitrogen and oxygen atoms in total. The molecule has 0 unspecified atom stereocenters. The van der Waals surface area contributed by atoms with E-state index in [1.54, 1.807) is 25.7 Å². The Balaban J connectivity index is 3.24. The van der Waals surface area contributed by atoms with Gasteiger partial charge in [-0.15, -0.1) is 5.10 Å². The van der Waals surface area contributed by atoms with E-state index in [1.165, 1.54) is 21.3 Å². The van der Waals surface area contributed by atoms with E-state index in [4.69, 9.17) is 12.2 Å². The van der Waals surface area contributed by atoms with E-state index in [0.717, 1.165) is 5.16 Å². The summed E-state index contributed by atoms with van der Waals surface area (Å²) in [7, 11) is 5.12. The molecule has 1 aromatic rings. The maximum absolute atomic E-state index is 11.6. The van der Waals surface area contributed by atoms with Crippen LogP contribution in [0.4, 0.5) is 4.79 Å². The molecular formula is C7H12N4OS2. The predicted molar refractivity (Wildman–Crippen MR) is 58.3 cm³/mol. The van der Waals surface area contributed by atoms with E-state index in [9.17, 15) is 4.79 Å². The van der Waals surface area contributed by atoms with Crippen molar-refractivity contribution in [3.05, 3.63) is 4.77 Å². The number of hydrogen-bond acceptors (Lipinski definition) is 4. The number of carbonyl (C=O) groups excluding carboxylic acids is 1. The Hall–Kier alpha value is -0.820. The molecule has 0 radical (unpaired) electrons. The van der Waals surface area contributed by atoms with E-state index in [0.29, 0.717) is 4.77 Å². The average Bonchev–Trinajstić information content (AvgIpc) is 2.43. The first-order valence-electron chi connectivity index (χ1n) is 3.90. The fraction of sp³-hybridized carbons (Fsp3) is 0.571. The summed E-state index contributed by atoms with van der Waals surface area (Å²) in [4.78, 5) is 13.0. The van der Waals surface area contributed by atoms with Crippen LogP contribution in [0.2, 0.25) is 0 Å². The Morgan fingerprint density at radius 1 is 1.57 bits per heavy atom. The monoisotopic (exact) mass is 232 g/mol. The lowest BCUT2D eigenvalue weighted by Gasteiger charge is -2.07. The van der Waals surface area contributed by atoms with Gasteiger partial charge in [-0.25, -0.2) is 4.79 Å². The van der Waals surface area contributed by atoms with Gasteiger partial charge in [-0.05, 0) is 18.5 Å². The van der Waals surface area contributed by atoms with Crippen molar-refractivity contribution in [2.24, 2.45) is 7.05 Å². The maximum Gasteiger partial charge on any atom is 0.346 e. The zero-order chi connectivity index (χ0) is 10.9. The van der Waals surface area contributed by atoms with Crippen LogP contribution in [0, 0.1) is 4.77 Å². The highest BCUT2D eigenvalue weighted by Gasteiger charge is 2.14. The highest BCUT2D eigenvalue weighted by molar-refractivity contribution is 7.98. The molecule has 1 heterocycles. The van der Waals surface area contributed by atoms with Gasteiger partial charge in [0.25, 0.3) is 0 Å². The van der Waals surface area contributed by atoms with Crippen molar-refractivity contribution < 1.29 is 4.79 Å². The minimum atomic E-state index is -0.231. The highest BCUT2D eigenvalue weighted by atomic mass is 32.2. The lowest BCUT2D eigenvalue weighted by molar-refractivity contribution is 0.215. The molecule has 0 bridgehead atoms. The molecule has 0 aliphatic heterocycles. The number of rotatable bonds is 1. The highest BCUT2D eigenvalue weighted by Crippen LogP contribution is 2.11. The lowest BCUT2D eigenvalue weighted by Crippen LogP contribution is -2.28. The number of carbonyl (C=O) groups is 1. The SMILES string of the molecule is CSc1nn(C(=O)N(C)C)c(=S)n1C. The molecule has 1 amide bonds. The molecule has 1 aromatic heterocycles. The van der Waals surface area contributed by atoms with Crippen LogP contribution < -0.4 is 0 Å². The minimum Gasteiger partial charge on any atom is -0.329 e. The van der Waals surface area contributed by atoms with Crippen LogP contribution in [0.1, 0.15) is 0 Å². The van der Waals surface area contributed by atoms with Crippen LogP contribution >= 0.6 is 24.0 Å². The molecule has 0 spiro atoms. The van der Waals surface area contributed by atoms with Crippen LogP contribution in [0.3, 0.4) is 0 Å². The van der Waals surface area contributed by atoms with Crippen LogP contribution in [0.25, 0.3) is 0 Å². The van der Waals surface area contributed by atoms with Gasteiger partial charge in [0.2, 0.25) is 4.77 Å². The van der Waals surface area contributed by atoms with Gasteiger partial charge in [-0.3, -0.25) is 4.57 Å². The van der Waals surface area contributed by atoms with Crippen molar-refractivity contribution >= 4 is 30.0 Å². The third kappa shape index (κ3) is 1.83. The smallest absolute Gasteiger partial charge is 0.329 e. The van der Waals surface area contributed by atoms with Crippen molar-refractivity contribution in [3.8, 4) is 0 Å². The topological polar surface area (TPSA) is 43.1 Å². The summed E-state index contributed by atoms with van der Waals surface area (Å²) < 4.78 is 3.34. The van der Waals surface area contributed by atoms with Crippen molar-refractivity contribution in [2.45, 2.75) is 5.16 Å². The molecular weight excluding hydrogens is 220 g/mol. The quantitative estimate of drug-likeness (QED) is 0.539. The van der Waals surface area contributed by atoms with Crippen LogP contribution in [0.5, 0.6) is 0 Å². The molecule has 0 fully saturated rings. The van der Waals surface area contributed by atoms with Gasteiger partial charge in [-0.1, -0.05) is 11.8 Å². The van der Waals surface area contributed by atoms with Gasteiger partial charge < -0.3 is 4.90 Å². The second-order valence-electron chi connectivity index (χ2n) is 2.92. The van der Waals surface area contributed by atoms with Crippen LogP contribution in [0.15, 0.2) is 5.16 Å². The Labute approximate surface area is 91.7 Å². The summed E-state index contributed by atoms with van der Waals surface area (Å²) >= 11 is 6.53. The van der Waals surface area contributed by atoms with Crippen LogP contribution in [-0.4, -0.2) is 45.6 Å². The lowest BCUT2D eigenvalue weighted by atomic mass is 10.8. The Morgan fingerprint density at radius 3 is 2.50 bits per heavy atom. The number of hydrogen-bond donors (Lipinski definition) is 0. The summed E-state index contributed by atoms with van der Waals surface area (Å²) in [5.74, 6) is 0. The summed E-state index contributed by atoms with van der Waals surface area (Å²) in [5, 5.41) is 4.82. The number of aromatic nitrogens is 3. The van der Waals surface area contributed by atoms with Gasteiger partial charge in [0.05, 0.1) is 0 Å². The van der Waals surface area contributed by atoms with Crippen molar-refractivity contribution in [3.63, 3.8) is 0 Å². The molecule has 1 rings (SSSR count). The Kier molecular flexibility index (Phi) is 3.33. The van der Waals surface area contributed by atoms with Crippen LogP contribution in [-0.2, 0) is 7.05 Å². The molecule has 0 saturated heterocycles. The second kappa shape index (κ2) is 4.14. The van der Waals surface area contributed by atoms with Gasteiger partial charge in [0, 0.05) is 21.1 Å². The molecule has 0 N–H and O–H groups in total. The van der Waals surface area contributed by atoms with E-state index in [-0.39, 0.29) is 6.03 Å². The molecule has 14 heavy (non-hydrogen) atoms. The molecule has 0 aliphatic carbocycles. The van der Waals surface area contributed by atoms with E-state index < -0.39 is 0 Å². The maximum atomic E-state index is 11.6. The fourth-order valence-electron chi connectivity index (χ4n) is 0.911. The normalized spacial score (nSPS) is 10.3. The van der Waals surface area contributed by atoms with Crippen molar-refractivity contribution in [2.75, 3.05) is 20.4 Å². The van der Waals surface area contributed by atoms with Gasteiger partial charge >= 0.3 is 6.03 Å². The average molecular weight is 232 g/mol. The third-order valence-electron chi connectivity index (χ3n) is 1.69. The summed E-state index contributed by atoms with van der Waals surface area (Å²) in [5.41, 5.74) is 0. The van der Waals surface area contributed by atoms with Crippen molar-refractivity contribution in [1.82, 2.24) is 19.2 Å². The summed E-state index contributed by atoms with van der Waals surface area (Å²) in [6, 6.07) is -0.231. The fourth-order valence-corrected chi connectivity index (χ4v) is 1.70. The Bertz CT molecular complexity index is 406. The molecule has 0 aromatic carbocycles. The van der Waals surface area contributed by atoms with E-state index >= 15 is 0 Å². The zero-order valence-electron chi connectivity index (χ0n) is 8.51. The third-order valence-corrected chi connectivity index (χ3v) is 2.85. The Morgan fingerprint density at radius 2 is 2.14 bits per heavy atom. The molecule has 0 aliphatic rings. The molecule has 0 saturated carbocycles. The summed E-state index contributed by atoms with van der Waals surface area (Å²) in [6.07, 6.45) is 1.89. The first kappa shape index (κ1) is 11.3. The standard InChI is InChI=1S/C7H12N4OS2/c1-9(2)6(12)11-7(13)10(3)5(8-11)14-4/h1-4H3. The second-order valence-corrected chi connectivity index (χ2v) is 4.06. The number of amides is 1. The molecule has 0 atom stereocenters. The zero-order valence-corrected chi connectivity index (χ0v) is 10.1. The van der Waals surface area contributed by atoms with E-state index in [2.05, 4.69) is 5.10 Å². The minimum absolute atomic E-state index is 0.231. The number of thioether (sulfide) groups is 1. The van der Waals surface area contributed by atoms with Gasteiger partial charge in [0.1, 0.15) is 0 Å². The van der Waals surface area contributed by atoms with Gasteiger partial charge in [0.15, 0.2) is 5.16 Å². The van der Waals surface area contributed by atoms with E-state index in [1.807, 2.05) is 6.26 Å². The van der Waals surface area contributed by atoms with Crippen molar-refractivity contribution in [1.29, 1.82) is 0 Å². The predicted octanol–water partition coefficient (Wildman–Crippen LogP) is 1.20. The molecule has 78 valence electrons. The van der Waals surface area contributed by atoms with Gasteiger partial charge in [-0.2, -0.15) is 4.68 Å². The first-order chi connectivity index (χ1) is 6.49. The summed E-state index contributed by atoms with van der Waals surface area (Å²) in [6.45, 7) is 0.